The van der Waals surface area contributed by atoms with Crippen LogP contribution >= 0.6 is 0 Å². The van der Waals surface area contributed by atoms with Crippen molar-refractivity contribution < 1.29 is 9.53 Å². The van der Waals surface area contributed by atoms with Gasteiger partial charge >= 0.3 is 0 Å². The Kier molecular flexibility index (Phi) is 5.66. The van der Waals surface area contributed by atoms with Gasteiger partial charge in [-0.05, 0) is 62.2 Å². The topological polar surface area (TPSA) is 76.1 Å². The first-order valence-corrected chi connectivity index (χ1v) is 8.75. The van der Waals surface area contributed by atoms with Gasteiger partial charge in [0.15, 0.2) is 0 Å². The molecule has 3 aromatic rings. The predicted molar refractivity (Wildman–Crippen MR) is 107 cm³/mol. The van der Waals surface area contributed by atoms with Crippen LogP contribution in [0.15, 0.2) is 54.9 Å². The standard InChI is InChI=1S/C21H22N4O2/c1-4-27-17-9-7-16(8-10-17)24-20-13-22-19(12-23-20)21(26)25-18-11-14(2)5-6-15(18)3/h5-13H,4H2,1-3H3,(H,23,24)(H,25,26). The first-order valence-electron chi connectivity index (χ1n) is 8.75. The first kappa shape index (κ1) is 18.4. The Labute approximate surface area is 158 Å². The largest absolute Gasteiger partial charge is 0.494 e. The van der Waals surface area contributed by atoms with Crippen LogP contribution in [0.25, 0.3) is 0 Å². The number of carbonyl (C=O) groups is 1. The van der Waals surface area contributed by atoms with Crippen molar-refractivity contribution in [3.05, 3.63) is 71.7 Å². The minimum atomic E-state index is -0.288. The molecule has 0 fully saturated rings. The van der Waals surface area contributed by atoms with E-state index in [0.717, 1.165) is 28.3 Å². The minimum absolute atomic E-state index is 0.258. The van der Waals surface area contributed by atoms with Gasteiger partial charge in [-0.2, -0.15) is 0 Å². The molecule has 27 heavy (non-hydrogen) atoms. The fourth-order valence-electron chi connectivity index (χ4n) is 2.52. The molecule has 1 aromatic heterocycles. The molecular formula is C21H22N4O2. The molecule has 0 atom stereocenters. The quantitative estimate of drug-likeness (QED) is 0.676. The summed E-state index contributed by atoms with van der Waals surface area (Å²) in [5.74, 6) is 1.08. The van der Waals surface area contributed by atoms with Crippen LogP contribution in [-0.2, 0) is 0 Å². The van der Waals surface area contributed by atoms with Crippen molar-refractivity contribution >= 4 is 23.1 Å². The zero-order chi connectivity index (χ0) is 19.2. The lowest BCUT2D eigenvalue weighted by Crippen LogP contribution is -2.15. The van der Waals surface area contributed by atoms with Crippen LogP contribution in [0.3, 0.4) is 0 Å². The highest BCUT2D eigenvalue weighted by atomic mass is 16.5. The predicted octanol–water partition coefficient (Wildman–Crippen LogP) is 4.49. The Balaban J connectivity index is 1.65. The van der Waals surface area contributed by atoms with Crippen LogP contribution in [0.5, 0.6) is 5.75 Å². The summed E-state index contributed by atoms with van der Waals surface area (Å²) in [7, 11) is 0. The van der Waals surface area contributed by atoms with Crippen LogP contribution in [0.1, 0.15) is 28.5 Å². The summed E-state index contributed by atoms with van der Waals surface area (Å²) in [6, 6.07) is 13.5. The van der Waals surface area contributed by atoms with Crippen LogP contribution < -0.4 is 15.4 Å². The van der Waals surface area contributed by atoms with Gasteiger partial charge in [0, 0.05) is 11.4 Å². The number of aromatic nitrogens is 2. The second-order valence-corrected chi connectivity index (χ2v) is 6.14. The highest BCUT2D eigenvalue weighted by molar-refractivity contribution is 6.03. The molecule has 138 valence electrons. The molecule has 0 aliphatic heterocycles. The van der Waals surface area contributed by atoms with Crippen molar-refractivity contribution in [1.82, 2.24) is 9.97 Å². The first-order chi connectivity index (χ1) is 13.0. The minimum Gasteiger partial charge on any atom is -0.494 e. The number of aryl methyl sites for hydroxylation is 2. The van der Waals surface area contributed by atoms with Crippen LogP contribution in [0.2, 0.25) is 0 Å². The van der Waals surface area contributed by atoms with E-state index in [1.54, 1.807) is 0 Å². The van der Waals surface area contributed by atoms with Gasteiger partial charge in [-0.3, -0.25) is 4.79 Å². The lowest BCUT2D eigenvalue weighted by molar-refractivity contribution is 0.102. The Morgan fingerprint density at radius 1 is 1.04 bits per heavy atom. The van der Waals surface area contributed by atoms with E-state index in [1.807, 2.05) is 63.2 Å². The van der Waals surface area contributed by atoms with E-state index in [-0.39, 0.29) is 11.6 Å². The molecule has 0 bridgehead atoms. The molecule has 6 nitrogen and oxygen atoms in total. The molecule has 0 aliphatic rings. The van der Waals surface area contributed by atoms with E-state index in [9.17, 15) is 4.79 Å². The van der Waals surface area contributed by atoms with Crippen molar-refractivity contribution in [1.29, 1.82) is 0 Å². The third-order valence-electron chi connectivity index (χ3n) is 3.96. The average molecular weight is 362 g/mol. The van der Waals surface area contributed by atoms with Crippen LogP contribution in [0, 0.1) is 13.8 Å². The number of benzene rings is 2. The number of anilines is 3. The maximum Gasteiger partial charge on any atom is 0.275 e. The number of hydrogen-bond donors (Lipinski definition) is 2. The summed E-state index contributed by atoms with van der Waals surface area (Å²) in [4.78, 5) is 20.9. The molecule has 0 aliphatic carbocycles. The summed E-state index contributed by atoms with van der Waals surface area (Å²) in [5.41, 5.74) is 3.97. The summed E-state index contributed by atoms with van der Waals surface area (Å²) >= 11 is 0. The fourth-order valence-corrected chi connectivity index (χ4v) is 2.52. The lowest BCUT2D eigenvalue weighted by atomic mass is 10.1. The Hall–Kier alpha value is -3.41. The maximum absolute atomic E-state index is 12.4. The Morgan fingerprint density at radius 2 is 1.81 bits per heavy atom. The van der Waals surface area contributed by atoms with Crippen LogP contribution in [0.4, 0.5) is 17.2 Å². The molecule has 2 N–H and O–H groups in total. The number of rotatable bonds is 6. The summed E-state index contributed by atoms with van der Waals surface area (Å²) < 4.78 is 5.42. The molecule has 1 heterocycles. The maximum atomic E-state index is 12.4. The van der Waals surface area contributed by atoms with E-state index < -0.39 is 0 Å². The molecule has 3 rings (SSSR count). The average Bonchev–Trinajstić information content (AvgIpc) is 2.67. The van der Waals surface area contributed by atoms with Crippen molar-refractivity contribution in [2.75, 3.05) is 17.2 Å². The van der Waals surface area contributed by atoms with Gasteiger partial charge in [0.05, 0.1) is 19.0 Å². The summed E-state index contributed by atoms with van der Waals surface area (Å²) in [5, 5.41) is 6.02. The van der Waals surface area contributed by atoms with E-state index in [2.05, 4.69) is 20.6 Å². The highest BCUT2D eigenvalue weighted by Gasteiger charge is 2.10. The molecule has 1 amide bonds. The Bertz CT molecular complexity index is 922. The third-order valence-corrected chi connectivity index (χ3v) is 3.96. The van der Waals surface area contributed by atoms with Crippen molar-refractivity contribution in [2.45, 2.75) is 20.8 Å². The van der Waals surface area contributed by atoms with Gasteiger partial charge in [-0.25, -0.2) is 9.97 Å². The lowest BCUT2D eigenvalue weighted by Gasteiger charge is -2.10. The molecular weight excluding hydrogens is 340 g/mol. The zero-order valence-corrected chi connectivity index (χ0v) is 15.6. The van der Waals surface area contributed by atoms with E-state index in [1.165, 1.54) is 12.4 Å². The van der Waals surface area contributed by atoms with Gasteiger partial charge in [-0.1, -0.05) is 12.1 Å². The van der Waals surface area contributed by atoms with E-state index in [4.69, 9.17) is 4.74 Å². The third kappa shape index (κ3) is 4.82. The van der Waals surface area contributed by atoms with Gasteiger partial charge in [0.1, 0.15) is 17.3 Å². The SMILES string of the molecule is CCOc1ccc(Nc2cnc(C(=O)Nc3cc(C)ccc3C)cn2)cc1. The molecule has 0 unspecified atom stereocenters. The molecule has 0 saturated carbocycles. The van der Waals surface area contributed by atoms with Gasteiger partial charge in [0.2, 0.25) is 0 Å². The normalized spacial score (nSPS) is 10.3. The second-order valence-electron chi connectivity index (χ2n) is 6.14. The summed E-state index contributed by atoms with van der Waals surface area (Å²) in [6.45, 7) is 6.50. The van der Waals surface area contributed by atoms with Gasteiger partial charge < -0.3 is 15.4 Å². The van der Waals surface area contributed by atoms with E-state index in [0.29, 0.717) is 12.4 Å². The molecule has 2 aromatic carbocycles. The number of nitrogens with one attached hydrogen (secondary N) is 2. The number of nitrogens with zero attached hydrogens (tertiary/aromatic N) is 2. The summed E-state index contributed by atoms with van der Waals surface area (Å²) in [6.07, 6.45) is 2.99. The molecule has 0 saturated heterocycles. The van der Waals surface area contributed by atoms with Crippen molar-refractivity contribution in [3.63, 3.8) is 0 Å². The van der Waals surface area contributed by atoms with Gasteiger partial charge in [-0.15, -0.1) is 0 Å². The zero-order valence-electron chi connectivity index (χ0n) is 15.6. The number of hydrogen-bond acceptors (Lipinski definition) is 5. The molecule has 0 radical (unpaired) electrons. The molecule has 0 spiro atoms. The molecule has 6 heteroatoms. The van der Waals surface area contributed by atoms with E-state index >= 15 is 0 Å². The Morgan fingerprint density at radius 3 is 2.48 bits per heavy atom. The number of carbonyl (C=O) groups excluding carboxylic acids is 1. The fraction of sp³-hybridized carbons (Fsp3) is 0.190. The number of ether oxygens (including phenoxy) is 1. The van der Waals surface area contributed by atoms with Gasteiger partial charge in [0.25, 0.3) is 5.91 Å². The smallest absolute Gasteiger partial charge is 0.275 e. The monoisotopic (exact) mass is 362 g/mol. The number of amides is 1. The van der Waals surface area contributed by atoms with Crippen molar-refractivity contribution in [2.24, 2.45) is 0 Å². The second kappa shape index (κ2) is 8.31. The van der Waals surface area contributed by atoms with Crippen molar-refractivity contribution in [3.8, 4) is 5.75 Å². The highest BCUT2D eigenvalue weighted by Crippen LogP contribution is 2.19. The van der Waals surface area contributed by atoms with Crippen LogP contribution in [-0.4, -0.2) is 22.5 Å².